The van der Waals surface area contributed by atoms with Gasteiger partial charge in [-0.3, -0.25) is 5.10 Å². The molecule has 0 radical (unpaired) electrons. The SMILES string of the molecule is CSCCCCNS(=O)(=O)c1n[nH]c(C)c1CO. The first-order chi connectivity index (χ1) is 8.53. The van der Waals surface area contributed by atoms with Crippen LogP contribution in [0, 0.1) is 6.92 Å². The van der Waals surface area contributed by atoms with Crippen LogP contribution in [-0.4, -0.2) is 42.3 Å². The Hall–Kier alpha value is -0.570. The molecule has 1 heterocycles. The lowest BCUT2D eigenvalue weighted by molar-refractivity contribution is 0.277. The Balaban J connectivity index is 2.63. The second-order valence-corrected chi connectivity index (χ2v) is 6.56. The molecule has 18 heavy (non-hydrogen) atoms. The molecule has 0 unspecified atom stereocenters. The first-order valence-corrected chi connectivity index (χ1v) is 8.54. The Morgan fingerprint density at radius 1 is 1.44 bits per heavy atom. The van der Waals surface area contributed by atoms with E-state index in [4.69, 9.17) is 5.11 Å². The number of thioether (sulfide) groups is 1. The Bertz CT molecular complexity index is 471. The quantitative estimate of drug-likeness (QED) is 0.611. The fraction of sp³-hybridized carbons (Fsp3) is 0.700. The Labute approximate surface area is 112 Å². The van der Waals surface area contributed by atoms with Gasteiger partial charge in [0.2, 0.25) is 0 Å². The van der Waals surface area contributed by atoms with E-state index in [0.29, 0.717) is 17.8 Å². The second kappa shape index (κ2) is 7.13. The summed E-state index contributed by atoms with van der Waals surface area (Å²) < 4.78 is 26.4. The Kier molecular flexibility index (Phi) is 6.13. The van der Waals surface area contributed by atoms with Crippen molar-refractivity contribution in [1.82, 2.24) is 14.9 Å². The van der Waals surface area contributed by atoms with Crippen LogP contribution in [0.3, 0.4) is 0 Å². The highest BCUT2D eigenvalue weighted by Crippen LogP contribution is 2.15. The maximum atomic E-state index is 11.9. The van der Waals surface area contributed by atoms with E-state index in [2.05, 4.69) is 14.9 Å². The number of aliphatic hydroxyl groups excluding tert-OH is 1. The van der Waals surface area contributed by atoms with Crippen LogP contribution in [0.4, 0.5) is 0 Å². The minimum Gasteiger partial charge on any atom is -0.392 e. The zero-order chi connectivity index (χ0) is 13.6. The van der Waals surface area contributed by atoms with Crippen LogP contribution in [0.15, 0.2) is 5.03 Å². The topological polar surface area (TPSA) is 95.1 Å². The van der Waals surface area contributed by atoms with Crippen LogP contribution < -0.4 is 4.72 Å². The van der Waals surface area contributed by atoms with Crippen molar-refractivity contribution in [3.05, 3.63) is 11.3 Å². The number of nitrogens with zero attached hydrogens (tertiary/aromatic N) is 1. The van der Waals surface area contributed by atoms with Gasteiger partial charge in [0.25, 0.3) is 10.0 Å². The van der Waals surface area contributed by atoms with E-state index in [1.807, 2.05) is 6.26 Å². The lowest BCUT2D eigenvalue weighted by Crippen LogP contribution is -2.26. The van der Waals surface area contributed by atoms with Gasteiger partial charge < -0.3 is 5.11 Å². The fourth-order valence-electron chi connectivity index (χ4n) is 1.48. The fourth-order valence-corrected chi connectivity index (χ4v) is 3.24. The van der Waals surface area contributed by atoms with E-state index in [-0.39, 0.29) is 11.6 Å². The summed E-state index contributed by atoms with van der Waals surface area (Å²) in [6, 6.07) is 0. The number of nitrogens with one attached hydrogen (secondary N) is 2. The van der Waals surface area contributed by atoms with Gasteiger partial charge in [0.05, 0.1) is 6.61 Å². The summed E-state index contributed by atoms with van der Waals surface area (Å²) in [5.74, 6) is 1.02. The molecular formula is C10H19N3O3S2. The van der Waals surface area contributed by atoms with Crippen molar-refractivity contribution in [2.75, 3.05) is 18.6 Å². The molecule has 0 atom stereocenters. The summed E-state index contributed by atoms with van der Waals surface area (Å²) in [6.07, 6.45) is 3.78. The standard InChI is InChI=1S/C10H19N3O3S2/c1-8-9(7-14)10(13-12-8)18(15,16)11-5-3-4-6-17-2/h11,14H,3-7H2,1-2H3,(H,12,13). The van der Waals surface area contributed by atoms with E-state index in [1.165, 1.54) is 0 Å². The molecule has 6 nitrogen and oxygen atoms in total. The first kappa shape index (κ1) is 15.5. The van der Waals surface area contributed by atoms with Crippen molar-refractivity contribution >= 4 is 21.8 Å². The molecule has 0 saturated carbocycles. The Morgan fingerprint density at radius 3 is 2.78 bits per heavy atom. The molecule has 0 aliphatic heterocycles. The van der Waals surface area contributed by atoms with Crippen molar-refractivity contribution in [3.63, 3.8) is 0 Å². The highest BCUT2D eigenvalue weighted by atomic mass is 32.2. The highest BCUT2D eigenvalue weighted by molar-refractivity contribution is 7.98. The number of sulfonamides is 1. The molecule has 104 valence electrons. The Morgan fingerprint density at radius 2 is 2.17 bits per heavy atom. The van der Waals surface area contributed by atoms with Crippen LogP contribution in [0.2, 0.25) is 0 Å². The highest BCUT2D eigenvalue weighted by Gasteiger charge is 2.22. The molecule has 0 aliphatic carbocycles. The monoisotopic (exact) mass is 293 g/mol. The third-order valence-corrected chi connectivity index (χ3v) is 4.64. The van der Waals surface area contributed by atoms with Gasteiger partial charge >= 0.3 is 0 Å². The van der Waals surface area contributed by atoms with E-state index < -0.39 is 10.0 Å². The maximum absolute atomic E-state index is 11.9. The van der Waals surface area contributed by atoms with E-state index >= 15 is 0 Å². The lowest BCUT2D eigenvalue weighted by Gasteiger charge is -2.05. The van der Waals surface area contributed by atoms with Gasteiger partial charge in [0.15, 0.2) is 5.03 Å². The normalized spacial score (nSPS) is 11.9. The van der Waals surface area contributed by atoms with Gasteiger partial charge in [-0.05, 0) is 31.8 Å². The van der Waals surface area contributed by atoms with E-state index in [9.17, 15) is 8.42 Å². The predicted molar refractivity (Wildman–Crippen MR) is 72.1 cm³/mol. The molecule has 0 fully saturated rings. The number of aromatic nitrogens is 2. The van der Waals surface area contributed by atoms with Gasteiger partial charge in [0.1, 0.15) is 0 Å². The molecule has 1 aromatic heterocycles. The van der Waals surface area contributed by atoms with E-state index in [1.54, 1.807) is 18.7 Å². The van der Waals surface area contributed by atoms with Gasteiger partial charge in [-0.15, -0.1) is 0 Å². The lowest BCUT2D eigenvalue weighted by atomic mass is 10.3. The number of rotatable bonds is 8. The van der Waals surface area contributed by atoms with Crippen molar-refractivity contribution in [2.24, 2.45) is 0 Å². The van der Waals surface area contributed by atoms with Gasteiger partial charge in [-0.25, -0.2) is 13.1 Å². The summed E-state index contributed by atoms with van der Waals surface area (Å²) in [6.45, 7) is 1.72. The maximum Gasteiger partial charge on any atom is 0.260 e. The molecule has 3 N–H and O–H groups in total. The van der Waals surface area contributed by atoms with Gasteiger partial charge in [-0.2, -0.15) is 16.9 Å². The molecule has 0 aromatic carbocycles. The minimum absolute atomic E-state index is 0.104. The average molecular weight is 293 g/mol. The van der Waals surface area contributed by atoms with Crippen molar-refractivity contribution in [3.8, 4) is 0 Å². The van der Waals surface area contributed by atoms with E-state index in [0.717, 1.165) is 18.6 Å². The van der Waals surface area contributed by atoms with Gasteiger partial charge in [0, 0.05) is 17.8 Å². The average Bonchev–Trinajstić information content (AvgIpc) is 2.70. The number of unbranched alkanes of at least 4 members (excludes halogenated alkanes) is 1. The first-order valence-electron chi connectivity index (χ1n) is 5.66. The zero-order valence-electron chi connectivity index (χ0n) is 10.6. The number of hydrogen-bond acceptors (Lipinski definition) is 5. The molecule has 8 heteroatoms. The summed E-state index contributed by atoms with van der Waals surface area (Å²) >= 11 is 1.74. The molecule has 1 rings (SSSR count). The number of aromatic amines is 1. The predicted octanol–water partition coefficient (Wildman–Crippen LogP) is 0.632. The number of aliphatic hydroxyl groups is 1. The molecule has 0 aliphatic rings. The van der Waals surface area contributed by atoms with Crippen LogP contribution in [-0.2, 0) is 16.6 Å². The van der Waals surface area contributed by atoms with Crippen LogP contribution in [0.5, 0.6) is 0 Å². The zero-order valence-corrected chi connectivity index (χ0v) is 12.2. The second-order valence-electron chi connectivity index (χ2n) is 3.89. The summed E-state index contributed by atoms with van der Waals surface area (Å²) in [5, 5.41) is 15.3. The number of H-pyrrole nitrogens is 1. The molecule has 0 saturated heterocycles. The number of aryl methyl sites for hydroxylation is 1. The summed E-state index contributed by atoms with van der Waals surface area (Å²) in [7, 11) is -3.63. The van der Waals surface area contributed by atoms with Crippen LogP contribution in [0.25, 0.3) is 0 Å². The smallest absolute Gasteiger partial charge is 0.260 e. The number of hydrogen-bond donors (Lipinski definition) is 3. The summed E-state index contributed by atoms with van der Waals surface area (Å²) in [4.78, 5) is 0. The molecule has 0 amide bonds. The van der Waals surface area contributed by atoms with Crippen LogP contribution >= 0.6 is 11.8 Å². The largest absolute Gasteiger partial charge is 0.392 e. The third kappa shape index (κ3) is 3.98. The van der Waals surface area contributed by atoms with Gasteiger partial charge in [-0.1, -0.05) is 0 Å². The molecule has 1 aromatic rings. The van der Waals surface area contributed by atoms with Crippen molar-refractivity contribution in [2.45, 2.75) is 31.4 Å². The van der Waals surface area contributed by atoms with Crippen molar-refractivity contribution in [1.29, 1.82) is 0 Å². The molecule has 0 bridgehead atoms. The summed E-state index contributed by atoms with van der Waals surface area (Å²) in [5.41, 5.74) is 0.895. The van der Waals surface area contributed by atoms with Crippen molar-refractivity contribution < 1.29 is 13.5 Å². The molecule has 0 spiro atoms. The van der Waals surface area contributed by atoms with Crippen LogP contribution in [0.1, 0.15) is 24.1 Å². The third-order valence-electron chi connectivity index (χ3n) is 2.52. The molecular weight excluding hydrogens is 274 g/mol. The minimum atomic E-state index is -3.63.